The van der Waals surface area contributed by atoms with Crippen LogP contribution in [0.5, 0.6) is 0 Å². The largest absolute Gasteiger partial charge is 0.321 e. The third kappa shape index (κ3) is 3.27. The Labute approximate surface area is 120 Å². The SMILES string of the molecule is CCCS/C=C1\NC(=O)C=C1c1ccc(Br)cc1. The first-order valence-corrected chi connectivity index (χ1v) is 7.65. The summed E-state index contributed by atoms with van der Waals surface area (Å²) in [5.41, 5.74) is 2.93. The molecule has 2 nitrogen and oxygen atoms in total. The molecule has 2 rings (SSSR count). The molecule has 1 aromatic carbocycles. The second kappa shape index (κ2) is 6.25. The maximum atomic E-state index is 11.5. The van der Waals surface area contributed by atoms with Gasteiger partial charge in [0.2, 0.25) is 5.91 Å². The van der Waals surface area contributed by atoms with Gasteiger partial charge in [-0.1, -0.05) is 35.0 Å². The molecule has 18 heavy (non-hydrogen) atoms. The predicted octanol–water partition coefficient (Wildman–Crippen LogP) is 3.95. The lowest BCUT2D eigenvalue weighted by Gasteiger charge is -2.06. The summed E-state index contributed by atoms with van der Waals surface area (Å²) in [6.07, 6.45) is 2.78. The number of carbonyl (C=O) groups excluding carboxylic acids is 1. The number of nitrogens with one attached hydrogen (secondary N) is 1. The number of hydrogen-bond acceptors (Lipinski definition) is 2. The average molecular weight is 324 g/mol. The monoisotopic (exact) mass is 323 g/mol. The summed E-state index contributed by atoms with van der Waals surface area (Å²) in [4.78, 5) is 11.5. The highest BCUT2D eigenvalue weighted by Crippen LogP contribution is 2.28. The standard InChI is InChI=1S/C14H14BrNOS/c1-2-7-18-9-13-12(8-14(17)16-13)10-3-5-11(15)6-4-10/h3-6,8-9H,2,7H2,1H3,(H,16,17)/b13-9-. The minimum Gasteiger partial charge on any atom is -0.321 e. The summed E-state index contributed by atoms with van der Waals surface area (Å²) >= 11 is 5.14. The van der Waals surface area contributed by atoms with E-state index in [0.29, 0.717) is 0 Å². The molecule has 0 radical (unpaired) electrons. The molecule has 4 heteroatoms. The number of carbonyl (C=O) groups is 1. The lowest BCUT2D eigenvalue weighted by atomic mass is 10.1. The molecule has 1 amide bonds. The highest BCUT2D eigenvalue weighted by atomic mass is 79.9. The number of amides is 1. The van der Waals surface area contributed by atoms with Crippen LogP contribution in [0.4, 0.5) is 0 Å². The van der Waals surface area contributed by atoms with Crippen LogP contribution in [-0.2, 0) is 4.79 Å². The van der Waals surface area contributed by atoms with E-state index in [1.807, 2.05) is 29.7 Å². The van der Waals surface area contributed by atoms with E-state index in [2.05, 4.69) is 28.2 Å². The Bertz CT molecular complexity index is 505. The van der Waals surface area contributed by atoms with Gasteiger partial charge in [-0.2, -0.15) is 0 Å². The topological polar surface area (TPSA) is 29.1 Å². The molecule has 0 aromatic heterocycles. The molecule has 1 aliphatic heterocycles. The lowest BCUT2D eigenvalue weighted by Crippen LogP contribution is -2.13. The smallest absolute Gasteiger partial charge is 0.249 e. The maximum absolute atomic E-state index is 11.5. The van der Waals surface area contributed by atoms with Gasteiger partial charge in [-0.15, -0.1) is 11.8 Å². The van der Waals surface area contributed by atoms with E-state index in [1.165, 1.54) is 0 Å². The van der Waals surface area contributed by atoms with Gasteiger partial charge in [-0.3, -0.25) is 4.79 Å². The molecule has 0 atom stereocenters. The Morgan fingerprint density at radius 2 is 2.06 bits per heavy atom. The Balaban J connectivity index is 2.23. The van der Waals surface area contributed by atoms with E-state index >= 15 is 0 Å². The number of rotatable bonds is 4. The molecule has 0 spiro atoms. The zero-order valence-electron chi connectivity index (χ0n) is 10.1. The summed E-state index contributed by atoms with van der Waals surface area (Å²) in [5, 5.41) is 4.90. The lowest BCUT2D eigenvalue weighted by molar-refractivity contribution is -0.115. The number of hydrogen-bond donors (Lipinski definition) is 1. The number of halogens is 1. The molecule has 0 bridgehead atoms. The van der Waals surface area contributed by atoms with Crippen molar-refractivity contribution in [3.8, 4) is 0 Å². The first-order valence-electron chi connectivity index (χ1n) is 5.81. The van der Waals surface area contributed by atoms with Crippen LogP contribution in [0.2, 0.25) is 0 Å². The van der Waals surface area contributed by atoms with Gasteiger partial charge in [0.15, 0.2) is 0 Å². The fraction of sp³-hybridized carbons (Fsp3) is 0.214. The van der Waals surface area contributed by atoms with Gasteiger partial charge in [0.1, 0.15) is 0 Å². The summed E-state index contributed by atoms with van der Waals surface area (Å²) in [6, 6.07) is 7.98. The number of thioether (sulfide) groups is 1. The average Bonchev–Trinajstić information content (AvgIpc) is 2.72. The maximum Gasteiger partial charge on any atom is 0.249 e. The van der Waals surface area contributed by atoms with Gasteiger partial charge in [0.25, 0.3) is 0 Å². The van der Waals surface area contributed by atoms with E-state index in [1.54, 1.807) is 17.8 Å². The van der Waals surface area contributed by atoms with Crippen molar-refractivity contribution in [3.63, 3.8) is 0 Å². The Hall–Kier alpha value is -1.00. The van der Waals surface area contributed by atoms with Crippen molar-refractivity contribution in [1.82, 2.24) is 5.32 Å². The second-order valence-corrected chi connectivity index (χ2v) is 5.85. The highest BCUT2D eigenvalue weighted by molar-refractivity contribution is 9.10. The van der Waals surface area contributed by atoms with Crippen molar-refractivity contribution in [2.24, 2.45) is 0 Å². The van der Waals surface area contributed by atoms with Crippen molar-refractivity contribution in [2.45, 2.75) is 13.3 Å². The fourth-order valence-electron chi connectivity index (χ4n) is 1.67. The van der Waals surface area contributed by atoms with Crippen molar-refractivity contribution in [2.75, 3.05) is 5.75 Å². The second-order valence-electron chi connectivity index (χ2n) is 3.96. The van der Waals surface area contributed by atoms with Crippen LogP contribution >= 0.6 is 27.7 Å². The van der Waals surface area contributed by atoms with Crippen LogP contribution in [0, 0.1) is 0 Å². The van der Waals surface area contributed by atoms with E-state index in [-0.39, 0.29) is 5.91 Å². The third-order valence-corrected chi connectivity index (χ3v) is 4.08. The Morgan fingerprint density at radius 3 is 2.72 bits per heavy atom. The third-order valence-electron chi connectivity index (χ3n) is 2.50. The van der Waals surface area contributed by atoms with E-state index < -0.39 is 0 Å². The van der Waals surface area contributed by atoms with Crippen LogP contribution in [0.25, 0.3) is 5.57 Å². The molecular formula is C14H14BrNOS. The normalized spacial score (nSPS) is 16.9. The van der Waals surface area contributed by atoms with Crippen LogP contribution in [0.3, 0.4) is 0 Å². The van der Waals surface area contributed by atoms with Crippen LogP contribution in [-0.4, -0.2) is 11.7 Å². The minimum absolute atomic E-state index is 0.0451. The van der Waals surface area contributed by atoms with Gasteiger partial charge in [-0.25, -0.2) is 0 Å². The number of allylic oxidation sites excluding steroid dienone is 1. The molecule has 0 saturated heterocycles. The fourth-order valence-corrected chi connectivity index (χ4v) is 2.64. The molecule has 1 aliphatic rings. The summed E-state index contributed by atoms with van der Waals surface area (Å²) in [6.45, 7) is 2.14. The van der Waals surface area contributed by atoms with Crippen molar-refractivity contribution < 1.29 is 4.79 Å². The quantitative estimate of drug-likeness (QED) is 0.850. The first kappa shape index (κ1) is 13.4. The molecule has 1 heterocycles. The zero-order chi connectivity index (χ0) is 13.0. The summed E-state index contributed by atoms with van der Waals surface area (Å²) in [5.74, 6) is 1.02. The Morgan fingerprint density at radius 1 is 1.33 bits per heavy atom. The van der Waals surface area contributed by atoms with Gasteiger partial charge in [0, 0.05) is 16.1 Å². The van der Waals surface area contributed by atoms with Crippen molar-refractivity contribution in [1.29, 1.82) is 0 Å². The van der Waals surface area contributed by atoms with Gasteiger partial charge in [-0.05, 0) is 35.3 Å². The van der Waals surface area contributed by atoms with E-state index in [9.17, 15) is 4.79 Å². The molecule has 1 N–H and O–H groups in total. The van der Waals surface area contributed by atoms with Gasteiger partial charge < -0.3 is 5.32 Å². The zero-order valence-corrected chi connectivity index (χ0v) is 12.5. The summed E-state index contributed by atoms with van der Waals surface area (Å²) in [7, 11) is 0. The van der Waals surface area contributed by atoms with Gasteiger partial charge >= 0.3 is 0 Å². The van der Waals surface area contributed by atoms with E-state index in [0.717, 1.165) is 33.5 Å². The molecule has 0 saturated carbocycles. The van der Waals surface area contributed by atoms with Gasteiger partial charge in [0.05, 0.1) is 5.70 Å². The number of benzene rings is 1. The van der Waals surface area contributed by atoms with Crippen molar-refractivity contribution in [3.05, 3.63) is 51.5 Å². The first-order chi connectivity index (χ1) is 8.70. The van der Waals surface area contributed by atoms with E-state index in [4.69, 9.17) is 0 Å². The molecule has 94 valence electrons. The molecule has 0 unspecified atom stereocenters. The predicted molar refractivity (Wildman–Crippen MR) is 81.1 cm³/mol. The van der Waals surface area contributed by atoms with Crippen LogP contribution < -0.4 is 5.32 Å². The van der Waals surface area contributed by atoms with Crippen LogP contribution in [0.1, 0.15) is 18.9 Å². The molecule has 0 fully saturated rings. The molecular weight excluding hydrogens is 310 g/mol. The minimum atomic E-state index is -0.0451. The van der Waals surface area contributed by atoms with Crippen molar-refractivity contribution >= 4 is 39.2 Å². The Kier molecular flexibility index (Phi) is 4.66. The molecule has 1 aromatic rings. The summed E-state index contributed by atoms with van der Waals surface area (Å²) < 4.78 is 1.04. The van der Waals surface area contributed by atoms with Crippen LogP contribution in [0.15, 0.2) is 45.9 Å². The molecule has 0 aliphatic carbocycles. The highest BCUT2D eigenvalue weighted by Gasteiger charge is 2.18.